The molecule has 4 nitrogen and oxygen atoms in total. The molecule has 0 saturated carbocycles. The maximum atomic E-state index is 5.88. The first kappa shape index (κ1) is 14.0. The van der Waals surface area contributed by atoms with Crippen LogP contribution in [0, 0.1) is 0 Å². The third kappa shape index (κ3) is 2.48. The number of hydrogen-bond acceptors (Lipinski definition) is 3. The minimum atomic E-state index is 0.238. The summed E-state index contributed by atoms with van der Waals surface area (Å²) in [5.74, 6) is 0.703. The van der Waals surface area contributed by atoms with Crippen molar-refractivity contribution in [1.82, 2.24) is 15.0 Å². The number of aromatic nitrogens is 3. The molecule has 18 heavy (non-hydrogen) atoms. The van der Waals surface area contributed by atoms with Gasteiger partial charge >= 0.3 is 0 Å². The predicted molar refractivity (Wildman–Crippen MR) is 83.0 cm³/mol. The van der Waals surface area contributed by atoms with Gasteiger partial charge in [-0.3, -0.25) is 0 Å². The van der Waals surface area contributed by atoms with Crippen molar-refractivity contribution in [3.63, 3.8) is 0 Å². The normalized spacial score (nSPS) is 11.2. The average Bonchev–Trinajstić information content (AvgIpc) is 2.58. The van der Waals surface area contributed by atoms with E-state index in [1.165, 1.54) is 0 Å². The summed E-state index contributed by atoms with van der Waals surface area (Å²) in [4.78, 5) is 0. The third-order valence-corrected chi connectivity index (χ3v) is 4.14. The van der Waals surface area contributed by atoms with E-state index in [1.54, 1.807) is 4.68 Å². The Labute approximate surface area is 130 Å². The van der Waals surface area contributed by atoms with Crippen LogP contribution in [0.25, 0.3) is 5.69 Å². The molecule has 2 rings (SSSR count). The Hall–Kier alpha value is -0.400. The lowest BCUT2D eigenvalue weighted by molar-refractivity contribution is 0.712. The molecule has 1 heterocycles. The van der Waals surface area contributed by atoms with Gasteiger partial charge in [0.25, 0.3) is 0 Å². The first-order chi connectivity index (χ1) is 8.41. The van der Waals surface area contributed by atoms with Gasteiger partial charge in [-0.2, -0.15) is 0 Å². The Balaban J connectivity index is 2.70. The van der Waals surface area contributed by atoms with Crippen LogP contribution >= 0.6 is 47.8 Å². The summed E-state index contributed by atoms with van der Waals surface area (Å²) < 4.78 is 4.57. The minimum absolute atomic E-state index is 0.238. The SMILES string of the molecule is CC(C)c1c(N)nnn1-c1c(Br)cc(Br)cc1Br. The smallest absolute Gasteiger partial charge is 0.169 e. The van der Waals surface area contributed by atoms with Gasteiger partial charge in [0.05, 0.1) is 11.4 Å². The maximum Gasteiger partial charge on any atom is 0.169 e. The molecule has 0 saturated heterocycles. The number of hydrogen-bond donors (Lipinski definition) is 1. The highest BCUT2D eigenvalue weighted by Gasteiger charge is 2.19. The molecule has 0 radical (unpaired) electrons. The van der Waals surface area contributed by atoms with Gasteiger partial charge in [0.1, 0.15) is 0 Å². The van der Waals surface area contributed by atoms with E-state index in [1.807, 2.05) is 12.1 Å². The van der Waals surface area contributed by atoms with Gasteiger partial charge in [0.2, 0.25) is 0 Å². The molecule has 1 aromatic heterocycles. The molecule has 96 valence electrons. The van der Waals surface area contributed by atoms with Crippen molar-refractivity contribution < 1.29 is 0 Å². The van der Waals surface area contributed by atoms with E-state index in [2.05, 4.69) is 71.9 Å². The van der Waals surface area contributed by atoms with Crippen LogP contribution in [-0.2, 0) is 0 Å². The Bertz CT molecular complexity index is 569. The molecule has 0 aliphatic carbocycles. The fourth-order valence-corrected chi connectivity index (χ4v) is 4.34. The summed E-state index contributed by atoms with van der Waals surface area (Å²) in [6.07, 6.45) is 0. The van der Waals surface area contributed by atoms with Gasteiger partial charge in [-0.05, 0) is 49.9 Å². The van der Waals surface area contributed by atoms with Crippen LogP contribution in [0.3, 0.4) is 0 Å². The van der Waals surface area contributed by atoms with Gasteiger partial charge in [-0.1, -0.05) is 35.0 Å². The first-order valence-corrected chi connectivity index (χ1v) is 7.65. The Morgan fingerprint density at radius 2 is 1.72 bits per heavy atom. The fourth-order valence-electron chi connectivity index (χ4n) is 1.74. The van der Waals surface area contributed by atoms with E-state index in [4.69, 9.17) is 5.73 Å². The van der Waals surface area contributed by atoms with E-state index < -0.39 is 0 Å². The topological polar surface area (TPSA) is 56.7 Å². The van der Waals surface area contributed by atoms with E-state index in [0.29, 0.717) is 5.82 Å². The summed E-state index contributed by atoms with van der Waals surface area (Å²) in [6, 6.07) is 3.92. The van der Waals surface area contributed by atoms with Crippen LogP contribution in [0.4, 0.5) is 5.82 Å². The predicted octanol–water partition coefficient (Wildman–Crippen LogP) is 4.26. The number of rotatable bonds is 2. The Kier molecular flexibility index (Phi) is 4.13. The summed E-state index contributed by atoms with van der Waals surface area (Å²) in [5.41, 5.74) is 7.67. The van der Waals surface area contributed by atoms with Crippen molar-refractivity contribution in [2.75, 3.05) is 5.73 Å². The highest BCUT2D eigenvalue weighted by Crippen LogP contribution is 2.35. The third-order valence-electron chi connectivity index (χ3n) is 2.47. The maximum absolute atomic E-state index is 5.88. The Morgan fingerprint density at radius 3 is 2.22 bits per heavy atom. The Morgan fingerprint density at radius 1 is 1.17 bits per heavy atom. The largest absolute Gasteiger partial charge is 0.381 e. The van der Waals surface area contributed by atoms with Gasteiger partial charge in [0, 0.05) is 13.4 Å². The molecule has 0 aliphatic heterocycles. The van der Waals surface area contributed by atoms with E-state index in [-0.39, 0.29) is 5.92 Å². The fraction of sp³-hybridized carbons (Fsp3) is 0.273. The second kappa shape index (κ2) is 5.30. The number of nitrogens with two attached hydrogens (primary N) is 1. The monoisotopic (exact) mass is 436 g/mol. The van der Waals surface area contributed by atoms with Gasteiger partial charge < -0.3 is 5.73 Å². The van der Waals surface area contributed by atoms with Crippen LogP contribution in [0.2, 0.25) is 0 Å². The lowest BCUT2D eigenvalue weighted by Crippen LogP contribution is -2.07. The zero-order valence-electron chi connectivity index (χ0n) is 9.78. The molecule has 2 aromatic rings. The van der Waals surface area contributed by atoms with Crippen molar-refractivity contribution in [1.29, 1.82) is 0 Å². The summed E-state index contributed by atoms with van der Waals surface area (Å²) in [7, 11) is 0. The molecule has 0 amide bonds. The number of nitrogen functional groups attached to an aromatic ring is 1. The molecule has 0 spiro atoms. The van der Waals surface area contributed by atoms with E-state index in [9.17, 15) is 0 Å². The minimum Gasteiger partial charge on any atom is -0.381 e. The number of nitrogens with zero attached hydrogens (tertiary/aromatic N) is 3. The van der Waals surface area contributed by atoms with E-state index >= 15 is 0 Å². The van der Waals surface area contributed by atoms with Crippen LogP contribution in [0.1, 0.15) is 25.5 Å². The molecule has 0 bridgehead atoms. The van der Waals surface area contributed by atoms with Crippen LogP contribution < -0.4 is 5.73 Å². The van der Waals surface area contributed by atoms with Crippen molar-refractivity contribution in [2.24, 2.45) is 0 Å². The molecular weight excluding hydrogens is 428 g/mol. The number of anilines is 1. The zero-order chi connectivity index (χ0) is 13.4. The van der Waals surface area contributed by atoms with Gasteiger partial charge in [0.15, 0.2) is 5.82 Å². The highest BCUT2D eigenvalue weighted by atomic mass is 79.9. The molecular formula is C11H11Br3N4. The van der Waals surface area contributed by atoms with Crippen molar-refractivity contribution >= 4 is 53.6 Å². The molecule has 0 unspecified atom stereocenters. The summed E-state index contributed by atoms with van der Waals surface area (Å²) >= 11 is 10.5. The molecule has 7 heteroatoms. The van der Waals surface area contributed by atoms with Crippen LogP contribution in [-0.4, -0.2) is 15.0 Å². The van der Waals surface area contributed by atoms with Crippen molar-refractivity contribution in [2.45, 2.75) is 19.8 Å². The molecule has 0 aliphatic rings. The van der Waals surface area contributed by atoms with Gasteiger partial charge in [-0.25, -0.2) is 4.68 Å². The van der Waals surface area contributed by atoms with Crippen LogP contribution in [0.5, 0.6) is 0 Å². The van der Waals surface area contributed by atoms with E-state index in [0.717, 1.165) is 24.8 Å². The lowest BCUT2D eigenvalue weighted by atomic mass is 10.1. The lowest BCUT2D eigenvalue weighted by Gasteiger charge is -2.13. The summed E-state index contributed by atoms with van der Waals surface area (Å²) in [6.45, 7) is 4.12. The number of halogens is 3. The summed E-state index contributed by atoms with van der Waals surface area (Å²) in [5, 5.41) is 8.08. The standard InChI is InChI=1S/C11H11Br3N4/c1-5(2)9-11(15)16-17-18(9)10-7(13)3-6(12)4-8(10)14/h3-5H,15H2,1-2H3. The number of benzene rings is 1. The quantitative estimate of drug-likeness (QED) is 0.762. The second-order valence-corrected chi connectivity index (χ2v) is 6.77. The average molecular weight is 439 g/mol. The molecule has 1 aromatic carbocycles. The molecule has 0 atom stereocenters. The van der Waals surface area contributed by atoms with Crippen molar-refractivity contribution in [3.8, 4) is 5.69 Å². The zero-order valence-corrected chi connectivity index (χ0v) is 14.5. The first-order valence-electron chi connectivity index (χ1n) is 5.27. The highest BCUT2D eigenvalue weighted by molar-refractivity contribution is 9.11. The molecule has 2 N–H and O–H groups in total. The second-order valence-electron chi connectivity index (χ2n) is 4.14. The van der Waals surface area contributed by atoms with Crippen LogP contribution in [0.15, 0.2) is 25.6 Å². The van der Waals surface area contributed by atoms with Crippen molar-refractivity contribution in [3.05, 3.63) is 31.2 Å². The molecule has 0 fully saturated rings. The van der Waals surface area contributed by atoms with Gasteiger partial charge in [-0.15, -0.1) is 5.10 Å².